The number of hydrogen-bond acceptors (Lipinski definition) is 2. The molecule has 0 amide bonds. The summed E-state index contributed by atoms with van der Waals surface area (Å²) < 4.78 is 15.3. The van der Waals surface area contributed by atoms with Crippen LogP contribution in [0, 0.1) is 0 Å². The van der Waals surface area contributed by atoms with Crippen LogP contribution in [0.2, 0.25) is 0 Å². The van der Waals surface area contributed by atoms with E-state index in [1.165, 1.54) is 54.6 Å². The average Bonchev–Trinajstić information content (AvgIpc) is 3.21. The molecule has 0 aliphatic carbocycles. The quantitative estimate of drug-likeness (QED) is 0.101. The maximum atomic E-state index is 7.64. The van der Waals surface area contributed by atoms with E-state index in [9.17, 15) is 0 Å². The van der Waals surface area contributed by atoms with Crippen molar-refractivity contribution < 1.29 is 25.5 Å². The third-order valence-corrected chi connectivity index (χ3v) is 14.9. The van der Waals surface area contributed by atoms with Crippen molar-refractivity contribution in [3.63, 3.8) is 0 Å². The number of benzene rings is 6. The van der Waals surface area contributed by atoms with Gasteiger partial charge in [-0.3, -0.25) is 0 Å². The zero-order valence-corrected chi connectivity index (χ0v) is 48.7. The first-order valence-corrected chi connectivity index (χ1v) is 32.3. The molecule has 0 radical (unpaired) electrons. The molecular formula is C59H84NiO2P4+4. The molecule has 0 saturated heterocycles. The summed E-state index contributed by atoms with van der Waals surface area (Å²) in [5.74, 6) is 2.00. The Kier molecular flexibility index (Phi) is 21.9. The molecule has 6 aromatic carbocycles. The topological polar surface area (TPSA) is 18.5 Å². The van der Waals surface area contributed by atoms with Gasteiger partial charge < -0.3 is 9.05 Å². The molecule has 6 aromatic rings. The molecule has 2 nitrogen and oxygen atoms in total. The summed E-state index contributed by atoms with van der Waals surface area (Å²) in [4.78, 5) is 0. The van der Waals surface area contributed by atoms with E-state index in [0.717, 1.165) is 11.5 Å². The van der Waals surface area contributed by atoms with Crippen LogP contribution < -0.4 is 30.3 Å². The van der Waals surface area contributed by atoms with Gasteiger partial charge >= 0.3 is 0 Å². The first kappa shape index (κ1) is 57.5. The second-order valence-corrected chi connectivity index (χ2v) is 32.6. The van der Waals surface area contributed by atoms with Gasteiger partial charge in [-0.25, -0.2) is 0 Å². The van der Waals surface area contributed by atoms with Crippen molar-refractivity contribution in [1.29, 1.82) is 0 Å². The summed E-state index contributed by atoms with van der Waals surface area (Å²) in [5.41, 5.74) is 7.01. The van der Waals surface area contributed by atoms with Crippen molar-refractivity contribution in [2.45, 2.75) is 111 Å². The molecule has 0 spiro atoms. The molecule has 0 aromatic heterocycles. The molecular weight excluding hydrogens is 923 g/mol. The Morgan fingerprint density at radius 2 is 0.576 bits per heavy atom. The van der Waals surface area contributed by atoms with Gasteiger partial charge in [0.2, 0.25) is 16.3 Å². The van der Waals surface area contributed by atoms with Gasteiger partial charge in [0.1, 0.15) is 21.2 Å². The molecule has 0 aliphatic heterocycles. The summed E-state index contributed by atoms with van der Waals surface area (Å²) >= 11 is 0. The fourth-order valence-electron chi connectivity index (χ4n) is 7.20. The minimum atomic E-state index is -1.68. The fourth-order valence-corrected chi connectivity index (χ4v) is 11.2. The molecule has 0 fully saturated rings. The third kappa shape index (κ3) is 17.3. The second kappa shape index (κ2) is 25.1. The van der Waals surface area contributed by atoms with Gasteiger partial charge in [-0.15, -0.1) is 0 Å². The van der Waals surface area contributed by atoms with Gasteiger partial charge in [0, 0.05) is 85.2 Å². The third-order valence-electron chi connectivity index (χ3n) is 10.6. The Morgan fingerprint density at radius 1 is 0.348 bits per heavy atom. The summed E-state index contributed by atoms with van der Waals surface area (Å²) in [6, 6.07) is 53.0. The van der Waals surface area contributed by atoms with E-state index < -0.39 is 16.3 Å². The molecule has 0 atom stereocenters. The maximum Gasteiger partial charge on any atom is 0.243 e. The molecule has 0 saturated carbocycles. The van der Waals surface area contributed by atoms with Crippen molar-refractivity contribution in [3.8, 4) is 11.5 Å². The Balaban J connectivity index is 0.00000119. The molecule has 0 aliphatic rings. The predicted molar refractivity (Wildman–Crippen MR) is 305 cm³/mol. The SMILES string of the molecule is CC(C)(C)c1cc(Cc2cc(C(C)(C)C)cc(C(C)(C)C)c2O[PH+](c2ccccc2)c2ccccc2)c(O[PH+](c2ccccc2)c2ccccc2)c(C(C)(C)C)c1.C[PH+](C)C.C[PH+](C)C.[Ni]. The molecule has 0 unspecified atom stereocenters. The molecule has 0 N–H and O–H groups in total. The predicted octanol–water partition coefficient (Wildman–Crippen LogP) is 15.0. The minimum absolute atomic E-state index is 0. The van der Waals surface area contributed by atoms with Crippen molar-refractivity contribution in [2.24, 2.45) is 0 Å². The van der Waals surface area contributed by atoms with Crippen molar-refractivity contribution in [2.75, 3.05) is 40.0 Å². The Labute approximate surface area is 418 Å². The average molecular weight is 1010 g/mol. The summed E-state index contributed by atoms with van der Waals surface area (Å²) in [7, 11) is -3.13. The fraction of sp³-hybridized carbons (Fsp3) is 0.390. The monoisotopic (exact) mass is 1010 g/mol. The zero-order valence-electron chi connectivity index (χ0n) is 43.7. The van der Waals surface area contributed by atoms with Crippen LogP contribution in [-0.2, 0) is 44.6 Å². The van der Waals surface area contributed by atoms with Gasteiger partial charge in [-0.2, -0.15) is 0 Å². The second-order valence-electron chi connectivity index (χ2n) is 22.5. The van der Waals surface area contributed by atoms with Gasteiger partial charge in [0.15, 0.2) is 11.5 Å². The number of rotatable bonds is 10. The van der Waals surface area contributed by atoms with Crippen molar-refractivity contribution in [3.05, 3.63) is 179 Å². The summed E-state index contributed by atoms with van der Waals surface area (Å²) in [6.45, 7) is 41.5. The smallest absolute Gasteiger partial charge is 0.243 e. The van der Waals surface area contributed by atoms with Crippen LogP contribution in [-0.4, -0.2) is 40.0 Å². The van der Waals surface area contributed by atoms with Crippen LogP contribution in [0.25, 0.3) is 0 Å². The van der Waals surface area contributed by atoms with Crippen LogP contribution in [0.4, 0.5) is 0 Å². The summed E-state index contributed by atoms with van der Waals surface area (Å²) in [5, 5.41) is 4.91. The van der Waals surface area contributed by atoms with E-state index in [1.54, 1.807) is 0 Å². The molecule has 0 bridgehead atoms. The van der Waals surface area contributed by atoms with Crippen molar-refractivity contribution >= 4 is 53.4 Å². The van der Waals surface area contributed by atoms with Crippen LogP contribution in [0.5, 0.6) is 11.5 Å². The largest absolute Gasteiger partial charge is 0.342 e. The first-order valence-electron chi connectivity index (χ1n) is 23.5. The van der Waals surface area contributed by atoms with Crippen molar-refractivity contribution in [1.82, 2.24) is 0 Å². The minimum Gasteiger partial charge on any atom is -0.342 e. The van der Waals surface area contributed by atoms with E-state index in [1.807, 2.05) is 0 Å². The maximum absolute atomic E-state index is 7.64. The standard InChI is InChI=1S/C53H62O2P2.2C3H9P.Ni/c1-50(2,3)40-34-38(48(46(36-40)52(7,8)9)54-56(42-25-17-13-18-26-42)43-27-19-14-20-28-43)33-39-35-41(51(4,5)6)37-47(53(10,11)12)49(39)55-57(44-29-21-15-22-30-44)45-31-23-16-24-32-45;2*1-4(2)3;/h13-32,34-37H,33H2,1-12H3;2*1-3H3;/p+4. The molecule has 7 heteroatoms. The van der Waals surface area contributed by atoms with Gasteiger partial charge in [0.25, 0.3) is 0 Å². The van der Waals surface area contributed by atoms with E-state index in [2.05, 4.69) is 269 Å². The van der Waals surface area contributed by atoms with Crippen LogP contribution in [0.1, 0.15) is 116 Å². The molecule has 6 rings (SSSR count). The zero-order chi connectivity index (χ0) is 48.3. The van der Waals surface area contributed by atoms with Crippen LogP contribution in [0.3, 0.4) is 0 Å². The van der Waals surface area contributed by atoms with E-state index in [4.69, 9.17) is 9.05 Å². The molecule has 0 heterocycles. The van der Waals surface area contributed by atoms with E-state index in [-0.39, 0.29) is 54.0 Å². The molecule has 66 heavy (non-hydrogen) atoms. The number of hydrogen-bond donors (Lipinski definition) is 0. The Bertz CT molecular complexity index is 2100. The summed E-state index contributed by atoms with van der Waals surface area (Å²) in [6.07, 6.45) is 0.669. The van der Waals surface area contributed by atoms with E-state index >= 15 is 0 Å². The normalized spacial score (nSPS) is 12.0. The van der Waals surface area contributed by atoms with E-state index in [0.29, 0.717) is 6.42 Å². The van der Waals surface area contributed by atoms with Crippen LogP contribution in [0.15, 0.2) is 146 Å². The first-order chi connectivity index (χ1) is 30.3. The van der Waals surface area contributed by atoms with Gasteiger partial charge in [0.05, 0.1) is 0 Å². The van der Waals surface area contributed by atoms with Crippen LogP contribution >= 0.6 is 32.1 Å². The Morgan fingerprint density at radius 3 is 0.773 bits per heavy atom. The molecule has 358 valence electrons. The Hall–Kier alpha value is -2.87. The van der Waals surface area contributed by atoms with Gasteiger partial charge in [-0.05, 0) is 97.2 Å². The van der Waals surface area contributed by atoms with Gasteiger partial charge in [-0.1, -0.05) is 180 Å².